The number of hydrogen-bond acceptors (Lipinski definition) is 3. The van der Waals surface area contributed by atoms with Gasteiger partial charge >= 0.3 is 0 Å². The lowest BCUT2D eigenvalue weighted by Crippen LogP contribution is -2.32. The Morgan fingerprint density at radius 1 is 1.23 bits per heavy atom. The highest BCUT2D eigenvalue weighted by Gasteiger charge is 2.22. The first-order valence-corrected chi connectivity index (χ1v) is 9.08. The molecular formula is C15H23ClN2O3S. The van der Waals surface area contributed by atoms with Crippen molar-refractivity contribution in [3.63, 3.8) is 0 Å². The lowest BCUT2D eigenvalue weighted by molar-refractivity contribution is 0.0762. The van der Waals surface area contributed by atoms with E-state index in [2.05, 4.69) is 6.92 Å². The second-order valence-corrected chi connectivity index (χ2v) is 7.73. The fraction of sp³-hybridized carbons (Fsp3) is 0.533. The summed E-state index contributed by atoms with van der Waals surface area (Å²) < 4.78 is 25.5. The molecule has 0 saturated carbocycles. The molecule has 0 aliphatic carbocycles. The molecule has 0 bridgehead atoms. The van der Waals surface area contributed by atoms with E-state index in [1.165, 1.54) is 32.3 Å². The first-order valence-electron chi connectivity index (χ1n) is 7.27. The number of unbranched alkanes of at least 4 members (excludes halogenated alkanes) is 1. The SMILES string of the molecule is CCCCN(CC)C(=O)c1cc(S(=O)(=O)N(C)C)ccc1Cl. The van der Waals surface area contributed by atoms with E-state index in [0.717, 1.165) is 17.1 Å². The molecule has 1 rings (SSSR count). The Kier molecular flexibility index (Phi) is 6.84. The Labute approximate surface area is 137 Å². The van der Waals surface area contributed by atoms with E-state index in [9.17, 15) is 13.2 Å². The van der Waals surface area contributed by atoms with Gasteiger partial charge in [-0.1, -0.05) is 24.9 Å². The van der Waals surface area contributed by atoms with Crippen LogP contribution in [0.3, 0.4) is 0 Å². The highest BCUT2D eigenvalue weighted by atomic mass is 35.5. The van der Waals surface area contributed by atoms with Crippen molar-refractivity contribution in [3.05, 3.63) is 28.8 Å². The van der Waals surface area contributed by atoms with Crippen molar-refractivity contribution >= 4 is 27.5 Å². The molecule has 0 spiro atoms. The predicted octanol–water partition coefficient (Wildman–Crippen LogP) is 2.85. The molecule has 0 unspecified atom stereocenters. The minimum absolute atomic E-state index is 0.0665. The summed E-state index contributed by atoms with van der Waals surface area (Å²) in [5, 5.41) is 0.262. The molecule has 22 heavy (non-hydrogen) atoms. The fourth-order valence-electron chi connectivity index (χ4n) is 1.96. The van der Waals surface area contributed by atoms with Crippen LogP contribution in [0.15, 0.2) is 23.1 Å². The van der Waals surface area contributed by atoms with Crippen molar-refractivity contribution in [3.8, 4) is 0 Å². The third kappa shape index (κ3) is 4.21. The smallest absolute Gasteiger partial charge is 0.255 e. The molecule has 0 aliphatic rings. The summed E-state index contributed by atoms with van der Waals surface area (Å²) in [6.07, 6.45) is 1.87. The van der Waals surface area contributed by atoms with Gasteiger partial charge in [0.1, 0.15) is 0 Å². The van der Waals surface area contributed by atoms with E-state index in [1.807, 2.05) is 6.92 Å². The predicted molar refractivity (Wildman–Crippen MR) is 88.8 cm³/mol. The molecule has 0 heterocycles. The van der Waals surface area contributed by atoms with Gasteiger partial charge in [-0.15, -0.1) is 0 Å². The van der Waals surface area contributed by atoms with E-state index < -0.39 is 10.0 Å². The topological polar surface area (TPSA) is 57.7 Å². The van der Waals surface area contributed by atoms with Gasteiger partial charge in [-0.2, -0.15) is 0 Å². The van der Waals surface area contributed by atoms with Crippen LogP contribution in [0.4, 0.5) is 0 Å². The molecule has 7 heteroatoms. The van der Waals surface area contributed by atoms with E-state index in [4.69, 9.17) is 11.6 Å². The zero-order valence-electron chi connectivity index (χ0n) is 13.5. The first kappa shape index (κ1) is 18.9. The van der Waals surface area contributed by atoms with Crippen molar-refractivity contribution in [2.75, 3.05) is 27.2 Å². The molecular weight excluding hydrogens is 324 g/mol. The first-order chi connectivity index (χ1) is 10.3. The normalized spacial score (nSPS) is 11.7. The molecule has 0 aromatic heterocycles. The fourth-order valence-corrected chi connectivity index (χ4v) is 3.09. The van der Waals surface area contributed by atoms with Gasteiger partial charge in [0.05, 0.1) is 15.5 Å². The van der Waals surface area contributed by atoms with E-state index >= 15 is 0 Å². The molecule has 1 amide bonds. The molecule has 0 atom stereocenters. The number of nitrogens with zero attached hydrogens (tertiary/aromatic N) is 2. The summed E-state index contributed by atoms with van der Waals surface area (Å²) in [5.74, 6) is -0.239. The van der Waals surface area contributed by atoms with Crippen molar-refractivity contribution in [1.29, 1.82) is 0 Å². The summed E-state index contributed by atoms with van der Waals surface area (Å²) in [6.45, 7) is 5.13. The summed E-state index contributed by atoms with van der Waals surface area (Å²) in [6, 6.07) is 4.23. The average molecular weight is 347 g/mol. The number of carbonyl (C=O) groups excluding carboxylic acids is 1. The largest absolute Gasteiger partial charge is 0.339 e. The zero-order valence-corrected chi connectivity index (χ0v) is 15.0. The van der Waals surface area contributed by atoms with Crippen LogP contribution in [0.25, 0.3) is 0 Å². The molecule has 1 aromatic carbocycles. The van der Waals surface area contributed by atoms with Gasteiger partial charge in [-0.3, -0.25) is 4.79 Å². The van der Waals surface area contributed by atoms with Gasteiger partial charge in [0.15, 0.2) is 0 Å². The number of sulfonamides is 1. The van der Waals surface area contributed by atoms with E-state index in [-0.39, 0.29) is 21.4 Å². The van der Waals surface area contributed by atoms with Gasteiger partial charge in [-0.25, -0.2) is 12.7 Å². The molecule has 0 aliphatic heterocycles. The highest BCUT2D eigenvalue weighted by molar-refractivity contribution is 7.89. The number of carbonyl (C=O) groups is 1. The van der Waals surface area contributed by atoms with Gasteiger partial charge in [0.25, 0.3) is 5.91 Å². The van der Waals surface area contributed by atoms with Crippen LogP contribution in [0.2, 0.25) is 5.02 Å². The van der Waals surface area contributed by atoms with Gasteiger partial charge in [-0.05, 0) is 31.5 Å². The Balaban J connectivity index is 3.22. The summed E-state index contributed by atoms with van der Waals surface area (Å²) in [5.41, 5.74) is 0.225. The standard InChI is InChI=1S/C15H23ClN2O3S/c1-5-7-10-18(6-2)15(19)13-11-12(8-9-14(13)16)22(20,21)17(3)4/h8-9,11H,5-7,10H2,1-4H3. The Morgan fingerprint density at radius 3 is 2.36 bits per heavy atom. The Hall–Kier alpha value is -1.11. The molecule has 124 valence electrons. The Morgan fingerprint density at radius 2 is 1.86 bits per heavy atom. The van der Waals surface area contributed by atoms with E-state index in [1.54, 1.807) is 4.90 Å². The Bertz CT molecular complexity index is 630. The van der Waals surface area contributed by atoms with Crippen molar-refractivity contribution in [2.45, 2.75) is 31.6 Å². The van der Waals surface area contributed by atoms with Crippen LogP contribution in [-0.2, 0) is 10.0 Å². The van der Waals surface area contributed by atoms with Crippen molar-refractivity contribution in [1.82, 2.24) is 9.21 Å². The number of amides is 1. The van der Waals surface area contributed by atoms with Crippen LogP contribution in [0, 0.1) is 0 Å². The van der Waals surface area contributed by atoms with Crippen LogP contribution in [-0.4, -0.2) is 50.7 Å². The number of benzene rings is 1. The highest BCUT2D eigenvalue weighted by Crippen LogP contribution is 2.23. The number of hydrogen-bond donors (Lipinski definition) is 0. The van der Waals surface area contributed by atoms with Crippen LogP contribution in [0.5, 0.6) is 0 Å². The molecule has 1 aromatic rings. The van der Waals surface area contributed by atoms with Gasteiger partial charge in [0, 0.05) is 27.2 Å². The maximum absolute atomic E-state index is 12.6. The summed E-state index contributed by atoms with van der Waals surface area (Å²) in [7, 11) is -0.696. The number of rotatable bonds is 7. The zero-order chi connectivity index (χ0) is 16.9. The maximum atomic E-state index is 12.6. The second-order valence-electron chi connectivity index (χ2n) is 5.17. The third-order valence-corrected chi connectivity index (χ3v) is 5.54. The molecule has 0 fully saturated rings. The molecule has 5 nitrogen and oxygen atoms in total. The minimum atomic E-state index is -3.60. The molecule has 0 saturated heterocycles. The summed E-state index contributed by atoms with van der Waals surface area (Å²) >= 11 is 6.10. The third-order valence-electron chi connectivity index (χ3n) is 3.40. The maximum Gasteiger partial charge on any atom is 0.255 e. The monoisotopic (exact) mass is 346 g/mol. The second kappa shape index (κ2) is 7.94. The summed E-state index contributed by atoms with van der Waals surface area (Å²) in [4.78, 5) is 14.3. The molecule has 0 N–H and O–H groups in total. The average Bonchev–Trinajstić information content (AvgIpc) is 2.47. The lowest BCUT2D eigenvalue weighted by Gasteiger charge is -2.22. The quantitative estimate of drug-likeness (QED) is 0.762. The molecule has 0 radical (unpaired) electrons. The van der Waals surface area contributed by atoms with E-state index in [0.29, 0.717) is 13.1 Å². The minimum Gasteiger partial charge on any atom is -0.339 e. The van der Waals surface area contributed by atoms with Gasteiger partial charge < -0.3 is 4.90 Å². The van der Waals surface area contributed by atoms with Crippen molar-refractivity contribution < 1.29 is 13.2 Å². The van der Waals surface area contributed by atoms with Crippen LogP contribution >= 0.6 is 11.6 Å². The van der Waals surface area contributed by atoms with Crippen LogP contribution < -0.4 is 0 Å². The van der Waals surface area contributed by atoms with Gasteiger partial charge in [0.2, 0.25) is 10.0 Å². The lowest BCUT2D eigenvalue weighted by atomic mass is 10.2. The van der Waals surface area contributed by atoms with Crippen LogP contribution in [0.1, 0.15) is 37.0 Å². The van der Waals surface area contributed by atoms with Crippen molar-refractivity contribution in [2.24, 2.45) is 0 Å². The number of halogens is 1.